The molecule has 4 rings (SSSR count). The van der Waals surface area contributed by atoms with Crippen LogP contribution >= 0.6 is 11.6 Å². The normalized spacial score (nSPS) is 14.3. The first-order chi connectivity index (χ1) is 10.7. The Balaban J connectivity index is 1.72. The third-order valence-corrected chi connectivity index (χ3v) is 3.99. The fourth-order valence-corrected chi connectivity index (χ4v) is 2.56. The van der Waals surface area contributed by atoms with E-state index < -0.39 is 0 Å². The topological polar surface area (TPSA) is 54.2 Å². The Hall–Kier alpha value is -2.27. The van der Waals surface area contributed by atoms with E-state index >= 15 is 0 Å². The number of hydrogen-bond acceptors (Lipinski definition) is 4. The number of nitrogens with one attached hydrogen (secondary N) is 2. The van der Waals surface area contributed by atoms with Crippen LogP contribution in [0.1, 0.15) is 18.4 Å². The standard InChI is InChI=1S/C16H16ClN5/c1-10-2-3-11(17)8-13(10)20-14-9-16(19-12-4-5-12)22-15(21-14)6-7-18-22/h2-3,6-9,12,19H,4-5H2,1H3,(H,20,21). The van der Waals surface area contributed by atoms with Crippen LogP contribution in [0.3, 0.4) is 0 Å². The van der Waals surface area contributed by atoms with E-state index in [-0.39, 0.29) is 0 Å². The van der Waals surface area contributed by atoms with Crippen molar-refractivity contribution in [2.24, 2.45) is 0 Å². The average molecular weight is 314 g/mol. The number of benzene rings is 1. The lowest BCUT2D eigenvalue weighted by atomic mass is 10.2. The number of nitrogens with zero attached hydrogens (tertiary/aromatic N) is 3. The maximum atomic E-state index is 6.08. The molecule has 2 N–H and O–H groups in total. The quantitative estimate of drug-likeness (QED) is 0.764. The summed E-state index contributed by atoms with van der Waals surface area (Å²) >= 11 is 6.08. The molecule has 0 aliphatic heterocycles. The van der Waals surface area contributed by atoms with E-state index in [1.807, 2.05) is 41.8 Å². The molecule has 2 heterocycles. The Kier molecular flexibility index (Phi) is 3.15. The minimum absolute atomic E-state index is 0.551. The van der Waals surface area contributed by atoms with E-state index in [4.69, 9.17) is 11.6 Å². The predicted molar refractivity (Wildman–Crippen MR) is 89.1 cm³/mol. The number of aryl methyl sites for hydroxylation is 1. The Bertz CT molecular complexity index is 838. The van der Waals surface area contributed by atoms with Crippen LogP contribution in [0.25, 0.3) is 5.65 Å². The lowest BCUT2D eigenvalue weighted by Gasteiger charge is -2.12. The molecule has 1 aliphatic rings. The zero-order chi connectivity index (χ0) is 15.1. The van der Waals surface area contributed by atoms with Gasteiger partial charge >= 0.3 is 0 Å². The van der Waals surface area contributed by atoms with Crippen LogP contribution in [0, 0.1) is 6.92 Å². The highest BCUT2D eigenvalue weighted by Gasteiger charge is 2.22. The molecule has 3 aromatic rings. The maximum Gasteiger partial charge on any atom is 0.159 e. The Morgan fingerprint density at radius 3 is 2.91 bits per heavy atom. The SMILES string of the molecule is Cc1ccc(Cl)cc1Nc1cc(NC2CC2)n2nccc2n1. The van der Waals surface area contributed by atoms with Crippen molar-refractivity contribution in [2.75, 3.05) is 10.6 Å². The third kappa shape index (κ3) is 2.60. The summed E-state index contributed by atoms with van der Waals surface area (Å²) in [6, 6.07) is 10.2. The second kappa shape index (κ2) is 5.18. The summed E-state index contributed by atoms with van der Waals surface area (Å²) < 4.78 is 1.83. The summed E-state index contributed by atoms with van der Waals surface area (Å²) in [7, 11) is 0. The first-order valence-electron chi connectivity index (χ1n) is 7.33. The molecule has 22 heavy (non-hydrogen) atoms. The zero-order valence-electron chi connectivity index (χ0n) is 12.2. The van der Waals surface area contributed by atoms with Crippen LogP contribution in [-0.4, -0.2) is 20.6 Å². The molecule has 1 aliphatic carbocycles. The molecule has 1 fully saturated rings. The molecular formula is C16H16ClN5. The van der Waals surface area contributed by atoms with Crippen molar-refractivity contribution in [3.05, 3.63) is 47.1 Å². The Morgan fingerprint density at radius 2 is 2.09 bits per heavy atom. The van der Waals surface area contributed by atoms with Crippen LogP contribution in [-0.2, 0) is 0 Å². The van der Waals surface area contributed by atoms with Crippen molar-refractivity contribution in [2.45, 2.75) is 25.8 Å². The van der Waals surface area contributed by atoms with E-state index in [2.05, 4.69) is 20.7 Å². The number of hydrogen-bond donors (Lipinski definition) is 2. The van der Waals surface area contributed by atoms with Gasteiger partial charge in [0.05, 0.1) is 6.20 Å². The molecule has 0 bridgehead atoms. The molecule has 0 unspecified atom stereocenters. The molecule has 112 valence electrons. The van der Waals surface area contributed by atoms with Gasteiger partial charge in [-0.2, -0.15) is 9.61 Å². The summed E-state index contributed by atoms with van der Waals surface area (Å²) in [6.45, 7) is 2.04. The summed E-state index contributed by atoms with van der Waals surface area (Å²) in [5.74, 6) is 1.74. The minimum atomic E-state index is 0.551. The van der Waals surface area contributed by atoms with Gasteiger partial charge in [-0.15, -0.1) is 0 Å². The average Bonchev–Trinajstić information content (AvgIpc) is 3.17. The zero-order valence-corrected chi connectivity index (χ0v) is 12.9. The third-order valence-electron chi connectivity index (χ3n) is 3.75. The molecule has 2 aromatic heterocycles. The number of anilines is 3. The number of rotatable bonds is 4. The second-order valence-corrected chi connectivity index (χ2v) is 6.07. The van der Waals surface area contributed by atoms with E-state index in [9.17, 15) is 0 Å². The van der Waals surface area contributed by atoms with E-state index in [0.29, 0.717) is 11.1 Å². The van der Waals surface area contributed by atoms with Gasteiger partial charge in [-0.05, 0) is 37.5 Å². The molecule has 0 atom stereocenters. The van der Waals surface area contributed by atoms with Crippen LogP contribution in [0.4, 0.5) is 17.3 Å². The summed E-state index contributed by atoms with van der Waals surface area (Å²) in [4.78, 5) is 4.60. The predicted octanol–water partition coefficient (Wildman–Crippen LogP) is 4.01. The molecular weight excluding hydrogens is 298 g/mol. The molecule has 1 saturated carbocycles. The molecule has 0 spiro atoms. The monoisotopic (exact) mass is 313 g/mol. The van der Waals surface area contributed by atoms with E-state index in [1.54, 1.807) is 6.20 Å². The van der Waals surface area contributed by atoms with Crippen molar-refractivity contribution in [3.8, 4) is 0 Å². The summed E-state index contributed by atoms with van der Waals surface area (Å²) in [5.41, 5.74) is 2.89. The van der Waals surface area contributed by atoms with Gasteiger partial charge in [0.25, 0.3) is 0 Å². The van der Waals surface area contributed by atoms with Gasteiger partial charge in [0.1, 0.15) is 11.6 Å². The van der Waals surface area contributed by atoms with E-state index in [0.717, 1.165) is 28.5 Å². The maximum absolute atomic E-state index is 6.08. The van der Waals surface area contributed by atoms with Gasteiger partial charge < -0.3 is 10.6 Å². The van der Waals surface area contributed by atoms with Gasteiger partial charge in [-0.3, -0.25) is 0 Å². The first kappa shape index (κ1) is 13.4. The number of halogens is 1. The van der Waals surface area contributed by atoms with Crippen LogP contribution in [0.15, 0.2) is 36.5 Å². The van der Waals surface area contributed by atoms with Crippen LogP contribution < -0.4 is 10.6 Å². The summed E-state index contributed by atoms with van der Waals surface area (Å²) in [6.07, 6.45) is 4.18. The van der Waals surface area contributed by atoms with Crippen molar-refractivity contribution in [1.29, 1.82) is 0 Å². The number of fused-ring (bicyclic) bond motifs is 1. The smallest absolute Gasteiger partial charge is 0.159 e. The molecule has 5 nitrogen and oxygen atoms in total. The van der Waals surface area contributed by atoms with Crippen LogP contribution in [0.5, 0.6) is 0 Å². The highest BCUT2D eigenvalue weighted by Crippen LogP contribution is 2.28. The highest BCUT2D eigenvalue weighted by atomic mass is 35.5. The molecule has 0 amide bonds. The Labute approximate surface area is 133 Å². The first-order valence-corrected chi connectivity index (χ1v) is 7.71. The molecule has 0 radical (unpaired) electrons. The largest absolute Gasteiger partial charge is 0.367 e. The van der Waals surface area contributed by atoms with Gasteiger partial charge in [-0.1, -0.05) is 17.7 Å². The fraction of sp³-hybridized carbons (Fsp3) is 0.250. The highest BCUT2D eigenvalue weighted by molar-refractivity contribution is 6.30. The Morgan fingerprint density at radius 1 is 1.23 bits per heavy atom. The van der Waals surface area contributed by atoms with Crippen molar-refractivity contribution >= 4 is 34.6 Å². The minimum Gasteiger partial charge on any atom is -0.367 e. The van der Waals surface area contributed by atoms with Gasteiger partial charge in [0.15, 0.2) is 5.65 Å². The van der Waals surface area contributed by atoms with Crippen LogP contribution in [0.2, 0.25) is 5.02 Å². The second-order valence-electron chi connectivity index (χ2n) is 5.63. The van der Waals surface area contributed by atoms with Crippen molar-refractivity contribution in [1.82, 2.24) is 14.6 Å². The fourth-order valence-electron chi connectivity index (χ4n) is 2.38. The lowest BCUT2D eigenvalue weighted by molar-refractivity contribution is 0.926. The number of aromatic nitrogens is 3. The van der Waals surface area contributed by atoms with Gasteiger partial charge in [-0.25, -0.2) is 4.98 Å². The molecule has 6 heteroatoms. The molecule has 0 saturated heterocycles. The van der Waals surface area contributed by atoms with E-state index in [1.165, 1.54) is 12.8 Å². The van der Waals surface area contributed by atoms with Crippen molar-refractivity contribution in [3.63, 3.8) is 0 Å². The van der Waals surface area contributed by atoms with Gasteiger partial charge in [0.2, 0.25) is 0 Å². The summed E-state index contributed by atoms with van der Waals surface area (Å²) in [5, 5.41) is 11.9. The molecule has 1 aromatic carbocycles. The van der Waals surface area contributed by atoms with Gasteiger partial charge in [0, 0.05) is 28.9 Å². The lowest BCUT2D eigenvalue weighted by Crippen LogP contribution is -2.09. The van der Waals surface area contributed by atoms with Crippen molar-refractivity contribution < 1.29 is 0 Å².